The lowest BCUT2D eigenvalue weighted by molar-refractivity contribution is 0.590. The Kier molecular flexibility index (Phi) is 13.1. The Balaban J connectivity index is 1.09. The maximum absolute atomic E-state index is 2.50. The summed E-state index contributed by atoms with van der Waals surface area (Å²) in [7, 11) is 0. The number of rotatable bonds is 10. The van der Waals surface area contributed by atoms with Crippen molar-refractivity contribution >= 4 is 93.9 Å². The first-order valence-electron chi connectivity index (χ1n) is 28.7. The van der Waals surface area contributed by atoms with E-state index in [0.29, 0.717) is 0 Å². The van der Waals surface area contributed by atoms with Crippen molar-refractivity contribution in [2.45, 2.75) is 78.1 Å². The highest BCUT2D eigenvalue weighted by atomic mass is 15.1. The van der Waals surface area contributed by atoms with Crippen LogP contribution in [0.5, 0.6) is 0 Å². The highest BCUT2D eigenvalue weighted by molar-refractivity contribution is 6.20. The van der Waals surface area contributed by atoms with Crippen LogP contribution in [0.4, 0.5) is 34.1 Å². The zero-order valence-electron chi connectivity index (χ0n) is 47.0. The van der Waals surface area contributed by atoms with Gasteiger partial charge in [-0.2, -0.15) is 0 Å². The zero-order valence-corrected chi connectivity index (χ0v) is 47.0. The van der Waals surface area contributed by atoms with Crippen LogP contribution in [0, 0.1) is 0 Å². The first-order chi connectivity index (χ1) is 38.9. The summed E-state index contributed by atoms with van der Waals surface area (Å²) in [6.45, 7) is 13.7. The van der Waals surface area contributed by atoms with Crippen molar-refractivity contribution in [2.75, 3.05) is 9.80 Å². The van der Waals surface area contributed by atoms with Crippen molar-refractivity contribution in [1.29, 1.82) is 0 Å². The molecule has 80 heavy (non-hydrogen) atoms. The van der Waals surface area contributed by atoms with Crippen LogP contribution in [-0.4, -0.2) is 0 Å². The van der Waals surface area contributed by atoms with Gasteiger partial charge in [-0.25, -0.2) is 0 Å². The van der Waals surface area contributed by atoms with Gasteiger partial charge < -0.3 is 9.80 Å². The first kappa shape index (κ1) is 50.5. The van der Waals surface area contributed by atoms with E-state index in [1.165, 1.54) is 98.8 Å². The van der Waals surface area contributed by atoms with Gasteiger partial charge in [0.25, 0.3) is 0 Å². The smallest absolute Gasteiger partial charge is 0.0468 e. The van der Waals surface area contributed by atoms with Crippen LogP contribution in [0.3, 0.4) is 0 Å². The quantitative estimate of drug-likeness (QED) is 0.126. The SMILES string of the molecule is CC(C)(C)c1ccc(N(c2ccc3ccccc3c2)c2ccc3c(-c4ccc(C5=CC=CCC5)cc4)c4cc(N(c5ccc(C(C)(C)C)cc5)c5ccc6ccccc6c5)ccc4c(C4=CC=C(c5ccccc5)CC4)c3c2)cc1. The van der Waals surface area contributed by atoms with Gasteiger partial charge in [-0.1, -0.05) is 224 Å². The predicted molar refractivity (Wildman–Crippen MR) is 347 cm³/mol. The largest absolute Gasteiger partial charge is 0.310 e. The lowest BCUT2D eigenvalue weighted by Gasteiger charge is -2.29. The Labute approximate surface area is 473 Å². The molecule has 0 saturated heterocycles. The van der Waals surface area contributed by atoms with E-state index in [4.69, 9.17) is 0 Å². The van der Waals surface area contributed by atoms with E-state index in [-0.39, 0.29) is 10.8 Å². The molecule has 0 amide bonds. The van der Waals surface area contributed by atoms with Crippen molar-refractivity contribution in [2.24, 2.45) is 0 Å². The number of fused-ring (bicyclic) bond motifs is 4. The molecule has 390 valence electrons. The van der Waals surface area contributed by atoms with Gasteiger partial charge >= 0.3 is 0 Å². The van der Waals surface area contributed by atoms with Crippen LogP contribution < -0.4 is 9.80 Å². The van der Waals surface area contributed by atoms with Crippen LogP contribution in [0.15, 0.2) is 255 Å². The van der Waals surface area contributed by atoms with Gasteiger partial charge in [0.05, 0.1) is 0 Å². The fourth-order valence-electron chi connectivity index (χ4n) is 12.3. The van der Waals surface area contributed by atoms with Crippen molar-refractivity contribution in [3.05, 3.63) is 283 Å². The standard InChI is InChI=1S/C78H68N2/c1-77(2,3)63-35-41-65(42-36-63)79(67-39-33-55-21-13-15-23-61(55)49-67)69-45-47-71-73(51-69)75(59-29-25-57(26-30-59)53-17-9-7-10-18-53)72-48-46-70(52-74(72)76(71)60-31-27-58(28-32-60)54-19-11-8-12-20-54)80(66-43-37-64(38-44-66)78(4,5)6)68-40-34-56-22-14-16-24-62(56)50-68/h7-11,13-19,21-25,27-29,31-52H,12,20,26,30H2,1-6H3. The number of hydrogen-bond donors (Lipinski definition) is 0. The Morgan fingerprint density at radius 3 is 1.21 bits per heavy atom. The molecule has 0 spiro atoms. The van der Waals surface area contributed by atoms with Crippen LogP contribution in [-0.2, 0) is 10.8 Å². The maximum atomic E-state index is 2.50. The Bertz CT molecular complexity index is 4270. The van der Waals surface area contributed by atoms with Crippen LogP contribution in [0.2, 0.25) is 0 Å². The number of nitrogens with zero attached hydrogens (tertiary/aromatic N) is 2. The van der Waals surface area contributed by atoms with Gasteiger partial charge in [-0.3, -0.25) is 0 Å². The lowest BCUT2D eigenvalue weighted by Crippen LogP contribution is -2.13. The fraction of sp³-hybridized carbons (Fsp3) is 0.154. The van der Waals surface area contributed by atoms with Crippen LogP contribution in [0.25, 0.3) is 70.9 Å². The normalized spacial score (nSPS) is 13.8. The highest BCUT2D eigenvalue weighted by Gasteiger charge is 2.25. The summed E-state index contributed by atoms with van der Waals surface area (Å²) in [6.07, 6.45) is 15.6. The summed E-state index contributed by atoms with van der Waals surface area (Å²) < 4.78 is 0. The average Bonchev–Trinajstić information content (AvgIpc) is 3.50. The molecule has 2 aliphatic rings. The molecule has 2 nitrogen and oxygen atoms in total. The molecule has 0 saturated carbocycles. The van der Waals surface area contributed by atoms with Crippen molar-refractivity contribution in [1.82, 2.24) is 0 Å². The van der Waals surface area contributed by atoms with Gasteiger partial charge in [0.1, 0.15) is 0 Å². The second-order valence-electron chi connectivity index (χ2n) is 24.0. The molecular weight excluding hydrogens is 965 g/mol. The van der Waals surface area contributed by atoms with Gasteiger partial charge in [0.2, 0.25) is 0 Å². The minimum atomic E-state index is 0.0233. The maximum Gasteiger partial charge on any atom is 0.0468 e. The molecule has 0 fully saturated rings. The minimum absolute atomic E-state index is 0.0233. The van der Waals surface area contributed by atoms with Crippen LogP contribution >= 0.6 is 0 Å². The van der Waals surface area contributed by atoms with Gasteiger partial charge in [0, 0.05) is 34.1 Å². The fourth-order valence-corrected chi connectivity index (χ4v) is 12.3. The molecule has 11 aromatic rings. The molecule has 0 bridgehead atoms. The molecule has 0 atom stereocenters. The molecule has 13 rings (SSSR count). The third-order valence-electron chi connectivity index (χ3n) is 16.7. The topological polar surface area (TPSA) is 6.48 Å². The van der Waals surface area contributed by atoms with E-state index in [2.05, 4.69) is 306 Å². The first-order valence-corrected chi connectivity index (χ1v) is 28.7. The summed E-state index contributed by atoms with van der Waals surface area (Å²) in [5.74, 6) is 0. The lowest BCUT2D eigenvalue weighted by atomic mass is 9.82. The summed E-state index contributed by atoms with van der Waals surface area (Å²) in [5.41, 5.74) is 19.8. The highest BCUT2D eigenvalue weighted by Crippen LogP contribution is 2.49. The summed E-state index contributed by atoms with van der Waals surface area (Å²) in [4.78, 5) is 4.92. The molecule has 2 heteroatoms. The third kappa shape index (κ3) is 9.75. The predicted octanol–water partition coefficient (Wildman–Crippen LogP) is 22.5. The molecule has 0 aliphatic heterocycles. The van der Waals surface area contributed by atoms with Crippen molar-refractivity contribution in [3.8, 4) is 11.1 Å². The van der Waals surface area contributed by atoms with E-state index in [1.807, 2.05) is 0 Å². The number of allylic oxidation sites excluding steroid dienone is 8. The molecule has 0 aromatic heterocycles. The molecule has 0 heterocycles. The third-order valence-corrected chi connectivity index (χ3v) is 16.7. The Hall–Kier alpha value is -8.98. The summed E-state index contributed by atoms with van der Waals surface area (Å²) in [5, 5.41) is 9.83. The number of anilines is 6. The molecule has 11 aromatic carbocycles. The number of benzene rings is 11. The van der Waals surface area contributed by atoms with Crippen molar-refractivity contribution in [3.63, 3.8) is 0 Å². The van der Waals surface area contributed by atoms with E-state index in [1.54, 1.807) is 0 Å². The summed E-state index contributed by atoms with van der Waals surface area (Å²) in [6, 6.07) is 84.7. The van der Waals surface area contributed by atoms with E-state index < -0.39 is 0 Å². The second-order valence-corrected chi connectivity index (χ2v) is 24.0. The van der Waals surface area contributed by atoms with Crippen LogP contribution in [0.1, 0.15) is 95.0 Å². The van der Waals surface area contributed by atoms with Gasteiger partial charge in [-0.05, 0) is 208 Å². The Morgan fingerprint density at radius 1 is 0.300 bits per heavy atom. The molecule has 0 radical (unpaired) electrons. The zero-order chi connectivity index (χ0) is 54.5. The van der Waals surface area contributed by atoms with Gasteiger partial charge in [-0.15, -0.1) is 0 Å². The average molecular weight is 1030 g/mol. The summed E-state index contributed by atoms with van der Waals surface area (Å²) >= 11 is 0. The molecule has 0 unspecified atom stereocenters. The molecule has 0 N–H and O–H groups in total. The van der Waals surface area contributed by atoms with E-state index in [0.717, 1.165) is 59.8 Å². The van der Waals surface area contributed by atoms with Gasteiger partial charge in [0.15, 0.2) is 0 Å². The second kappa shape index (κ2) is 20.7. The van der Waals surface area contributed by atoms with E-state index >= 15 is 0 Å². The molecular formula is C78H68N2. The van der Waals surface area contributed by atoms with Crippen molar-refractivity contribution < 1.29 is 0 Å². The molecule has 2 aliphatic carbocycles. The van der Waals surface area contributed by atoms with E-state index in [9.17, 15) is 0 Å². The number of hydrogen-bond acceptors (Lipinski definition) is 2. The minimum Gasteiger partial charge on any atom is -0.310 e. The Morgan fingerprint density at radius 2 is 0.713 bits per heavy atom. The monoisotopic (exact) mass is 1030 g/mol.